The predicted molar refractivity (Wildman–Crippen MR) is 95.8 cm³/mol. The number of hydrogen-bond donors (Lipinski definition) is 1. The maximum absolute atomic E-state index is 3.69. The van der Waals surface area contributed by atoms with Gasteiger partial charge in [-0.05, 0) is 58.4 Å². The molecule has 0 radical (unpaired) electrons. The van der Waals surface area contributed by atoms with Gasteiger partial charge in [-0.1, -0.05) is 41.1 Å². The SMILES string of the molecule is CCCNCC(Cc1sccc1Br)c1ccccc1Br. The van der Waals surface area contributed by atoms with E-state index in [2.05, 4.69) is 79.8 Å². The first-order valence-electron chi connectivity index (χ1n) is 6.89. The summed E-state index contributed by atoms with van der Waals surface area (Å²) in [6, 6.07) is 10.7. The highest BCUT2D eigenvalue weighted by Gasteiger charge is 2.16. The third-order valence-corrected chi connectivity index (χ3v) is 5.96. The van der Waals surface area contributed by atoms with Crippen LogP contribution < -0.4 is 5.32 Å². The third-order valence-electron chi connectivity index (χ3n) is 3.29. The van der Waals surface area contributed by atoms with Gasteiger partial charge in [0.05, 0.1) is 0 Å². The molecule has 0 saturated carbocycles. The highest BCUT2D eigenvalue weighted by molar-refractivity contribution is 9.10. The summed E-state index contributed by atoms with van der Waals surface area (Å²) in [4.78, 5) is 1.42. The fraction of sp³-hybridized carbons (Fsp3) is 0.375. The van der Waals surface area contributed by atoms with Crippen LogP contribution in [0.5, 0.6) is 0 Å². The Morgan fingerprint density at radius 3 is 2.60 bits per heavy atom. The normalized spacial score (nSPS) is 12.6. The first-order chi connectivity index (χ1) is 9.72. The Balaban J connectivity index is 2.16. The molecule has 1 atom stereocenters. The minimum Gasteiger partial charge on any atom is -0.316 e. The van der Waals surface area contributed by atoms with Crippen molar-refractivity contribution in [2.24, 2.45) is 0 Å². The van der Waals surface area contributed by atoms with Gasteiger partial charge in [-0.15, -0.1) is 11.3 Å². The van der Waals surface area contributed by atoms with Crippen molar-refractivity contribution in [1.29, 1.82) is 0 Å². The van der Waals surface area contributed by atoms with Crippen molar-refractivity contribution >= 4 is 43.2 Å². The van der Waals surface area contributed by atoms with Gasteiger partial charge < -0.3 is 5.32 Å². The molecule has 1 aromatic heterocycles. The van der Waals surface area contributed by atoms with Crippen LogP contribution in [0.4, 0.5) is 0 Å². The zero-order valence-corrected chi connectivity index (χ0v) is 15.5. The first-order valence-corrected chi connectivity index (χ1v) is 9.36. The number of halogens is 2. The lowest BCUT2D eigenvalue weighted by molar-refractivity contribution is 0.577. The molecule has 0 saturated heterocycles. The molecule has 1 N–H and O–H groups in total. The van der Waals surface area contributed by atoms with Crippen LogP contribution >= 0.6 is 43.2 Å². The average molecular weight is 417 g/mol. The Kier molecular flexibility index (Phi) is 6.75. The fourth-order valence-electron chi connectivity index (χ4n) is 2.25. The number of hydrogen-bond acceptors (Lipinski definition) is 2. The molecule has 0 aliphatic rings. The number of benzene rings is 1. The van der Waals surface area contributed by atoms with Crippen LogP contribution in [-0.4, -0.2) is 13.1 Å². The van der Waals surface area contributed by atoms with Gasteiger partial charge in [-0.3, -0.25) is 0 Å². The Morgan fingerprint density at radius 1 is 1.15 bits per heavy atom. The molecule has 0 fully saturated rings. The number of rotatable bonds is 7. The summed E-state index contributed by atoms with van der Waals surface area (Å²) >= 11 is 9.17. The van der Waals surface area contributed by atoms with Gasteiger partial charge in [0.2, 0.25) is 0 Å². The molecule has 0 spiro atoms. The van der Waals surface area contributed by atoms with Crippen molar-refractivity contribution in [1.82, 2.24) is 5.32 Å². The van der Waals surface area contributed by atoms with Crippen LogP contribution in [0, 0.1) is 0 Å². The second-order valence-electron chi connectivity index (χ2n) is 4.82. The summed E-state index contributed by atoms with van der Waals surface area (Å²) in [5, 5.41) is 5.71. The van der Waals surface area contributed by atoms with E-state index in [0.29, 0.717) is 5.92 Å². The van der Waals surface area contributed by atoms with Crippen LogP contribution in [0.3, 0.4) is 0 Å². The monoisotopic (exact) mass is 415 g/mol. The van der Waals surface area contributed by atoms with Crippen molar-refractivity contribution in [3.05, 3.63) is 55.1 Å². The van der Waals surface area contributed by atoms with Crippen molar-refractivity contribution < 1.29 is 0 Å². The molecule has 1 aromatic carbocycles. The molecule has 4 heteroatoms. The lowest BCUT2D eigenvalue weighted by atomic mass is 9.95. The molecule has 20 heavy (non-hydrogen) atoms. The molecule has 1 nitrogen and oxygen atoms in total. The van der Waals surface area contributed by atoms with E-state index in [-0.39, 0.29) is 0 Å². The van der Waals surface area contributed by atoms with Crippen LogP contribution in [0.2, 0.25) is 0 Å². The van der Waals surface area contributed by atoms with Crippen molar-refractivity contribution in [2.45, 2.75) is 25.7 Å². The average Bonchev–Trinajstić information content (AvgIpc) is 2.84. The second kappa shape index (κ2) is 8.32. The molecule has 1 unspecified atom stereocenters. The maximum atomic E-state index is 3.69. The standard InChI is InChI=1S/C16H19Br2NS/c1-2-8-19-11-12(10-16-15(18)7-9-20-16)13-5-3-4-6-14(13)17/h3-7,9,12,19H,2,8,10-11H2,1H3. The number of thiophene rings is 1. The maximum Gasteiger partial charge on any atom is 0.0314 e. The van der Waals surface area contributed by atoms with Crippen LogP contribution in [0.25, 0.3) is 0 Å². The predicted octanol–water partition coefficient (Wildman–Crippen LogP) is 5.60. The molecular weight excluding hydrogens is 398 g/mol. The van der Waals surface area contributed by atoms with Gasteiger partial charge in [-0.2, -0.15) is 0 Å². The van der Waals surface area contributed by atoms with Gasteiger partial charge in [0.15, 0.2) is 0 Å². The zero-order valence-electron chi connectivity index (χ0n) is 11.5. The van der Waals surface area contributed by atoms with Crippen LogP contribution in [-0.2, 0) is 6.42 Å². The lowest BCUT2D eigenvalue weighted by Crippen LogP contribution is -2.23. The van der Waals surface area contributed by atoms with Crippen LogP contribution in [0.1, 0.15) is 29.7 Å². The van der Waals surface area contributed by atoms with E-state index in [1.807, 2.05) is 11.3 Å². The molecule has 1 heterocycles. The summed E-state index contributed by atoms with van der Waals surface area (Å²) in [5.41, 5.74) is 1.39. The van der Waals surface area contributed by atoms with E-state index in [4.69, 9.17) is 0 Å². The van der Waals surface area contributed by atoms with E-state index in [9.17, 15) is 0 Å². The Hall–Kier alpha value is -0.160. The third kappa shape index (κ3) is 4.42. The molecule has 108 valence electrons. The summed E-state index contributed by atoms with van der Waals surface area (Å²) in [7, 11) is 0. The number of nitrogens with one attached hydrogen (secondary N) is 1. The fourth-order valence-corrected chi connectivity index (χ4v) is 4.45. The van der Waals surface area contributed by atoms with Crippen molar-refractivity contribution in [3.63, 3.8) is 0 Å². The van der Waals surface area contributed by atoms with Gasteiger partial charge >= 0.3 is 0 Å². The topological polar surface area (TPSA) is 12.0 Å². The van der Waals surface area contributed by atoms with Crippen LogP contribution in [0.15, 0.2) is 44.7 Å². The quantitative estimate of drug-likeness (QED) is 0.579. The van der Waals surface area contributed by atoms with Crippen molar-refractivity contribution in [2.75, 3.05) is 13.1 Å². The Labute approximate surface area is 142 Å². The van der Waals surface area contributed by atoms with E-state index in [1.165, 1.54) is 25.8 Å². The molecular formula is C16H19Br2NS. The summed E-state index contributed by atoms with van der Waals surface area (Å²) in [5.74, 6) is 0.493. The van der Waals surface area contributed by atoms with E-state index in [0.717, 1.165) is 19.5 Å². The van der Waals surface area contributed by atoms with Gasteiger partial charge in [0, 0.05) is 26.3 Å². The highest BCUT2D eigenvalue weighted by atomic mass is 79.9. The van der Waals surface area contributed by atoms with E-state index < -0.39 is 0 Å². The lowest BCUT2D eigenvalue weighted by Gasteiger charge is -2.19. The van der Waals surface area contributed by atoms with Gasteiger partial charge in [-0.25, -0.2) is 0 Å². The second-order valence-corrected chi connectivity index (χ2v) is 7.53. The Morgan fingerprint density at radius 2 is 1.95 bits per heavy atom. The van der Waals surface area contributed by atoms with E-state index >= 15 is 0 Å². The first kappa shape index (κ1) is 16.2. The smallest absolute Gasteiger partial charge is 0.0314 e. The highest BCUT2D eigenvalue weighted by Crippen LogP contribution is 2.32. The minimum atomic E-state index is 0.493. The molecule has 2 aromatic rings. The zero-order chi connectivity index (χ0) is 14.4. The van der Waals surface area contributed by atoms with Gasteiger partial charge in [0.25, 0.3) is 0 Å². The largest absolute Gasteiger partial charge is 0.316 e. The summed E-state index contributed by atoms with van der Waals surface area (Å²) in [6.07, 6.45) is 2.24. The van der Waals surface area contributed by atoms with Gasteiger partial charge in [0.1, 0.15) is 0 Å². The summed E-state index contributed by atoms with van der Waals surface area (Å²) < 4.78 is 2.44. The Bertz CT molecular complexity index is 539. The molecule has 0 aliphatic carbocycles. The van der Waals surface area contributed by atoms with E-state index in [1.54, 1.807) is 0 Å². The summed E-state index contributed by atoms with van der Waals surface area (Å²) in [6.45, 7) is 4.30. The molecule has 0 aliphatic heterocycles. The molecule has 0 amide bonds. The van der Waals surface area contributed by atoms with Crippen molar-refractivity contribution in [3.8, 4) is 0 Å². The molecule has 2 rings (SSSR count). The molecule has 0 bridgehead atoms. The minimum absolute atomic E-state index is 0.493.